The van der Waals surface area contributed by atoms with Crippen LogP contribution in [0, 0.1) is 5.92 Å². The van der Waals surface area contributed by atoms with E-state index in [0.717, 1.165) is 6.26 Å². The first-order valence-corrected chi connectivity index (χ1v) is 10.5. The third kappa shape index (κ3) is 4.30. The first kappa shape index (κ1) is 24.6. The molecule has 0 amide bonds. The van der Waals surface area contributed by atoms with E-state index in [4.69, 9.17) is 18.9 Å². The van der Waals surface area contributed by atoms with Gasteiger partial charge in [-0.1, -0.05) is 0 Å². The Balaban J connectivity index is 1.54. The minimum atomic E-state index is -1.90. The van der Waals surface area contributed by atoms with E-state index in [0.29, 0.717) is 0 Å². The van der Waals surface area contributed by atoms with Crippen LogP contribution in [0.1, 0.15) is 10.4 Å². The van der Waals surface area contributed by atoms with Crippen LogP contribution in [0.25, 0.3) is 0 Å². The quantitative estimate of drug-likeness (QED) is 0.172. The fourth-order valence-corrected chi connectivity index (χ4v) is 4.28. The Kier molecular flexibility index (Phi) is 6.94. The summed E-state index contributed by atoms with van der Waals surface area (Å²) < 4.78 is 21.9. The summed E-state index contributed by atoms with van der Waals surface area (Å²) in [6, 6.07) is 5.29. The second kappa shape index (κ2) is 9.60. The maximum Gasteiger partial charge on any atom is 0.338 e. The SMILES string of the molecule is O=C(O[C@@H]1C=C(CO)[C@H]2[C@@H](O[C@H]3O[C@@H](CO)[C@H](O)[C@@H](O)[C@@H]3O)OC=C[C@@]12O)c1ccc(O)cc1. The predicted octanol–water partition coefficient (Wildman–Crippen LogP) is -2.12. The van der Waals surface area contributed by atoms with Gasteiger partial charge >= 0.3 is 5.97 Å². The third-order valence-corrected chi connectivity index (χ3v) is 6.18. The van der Waals surface area contributed by atoms with Gasteiger partial charge in [0.2, 0.25) is 6.29 Å². The highest BCUT2D eigenvalue weighted by Crippen LogP contribution is 2.45. The van der Waals surface area contributed by atoms with Gasteiger partial charge in [-0.25, -0.2) is 4.79 Å². The van der Waals surface area contributed by atoms with E-state index < -0.39 is 73.8 Å². The van der Waals surface area contributed by atoms with Crippen LogP contribution in [0.3, 0.4) is 0 Å². The van der Waals surface area contributed by atoms with Crippen molar-refractivity contribution >= 4 is 5.97 Å². The molecule has 7 N–H and O–H groups in total. The van der Waals surface area contributed by atoms with Crippen molar-refractivity contribution < 1.29 is 59.5 Å². The van der Waals surface area contributed by atoms with Gasteiger partial charge < -0.3 is 54.7 Å². The molecule has 9 atom stereocenters. The Morgan fingerprint density at radius 2 is 1.74 bits per heavy atom. The van der Waals surface area contributed by atoms with Gasteiger partial charge in [0.1, 0.15) is 35.8 Å². The van der Waals surface area contributed by atoms with Crippen LogP contribution in [0.2, 0.25) is 0 Å². The van der Waals surface area contributed by atoms with Gasteiger partial charge in [-0.3, -0.25) is 0 Å². The number of benzene rings is 1. The lowest BCUT2D eigenvalue weighted by molar-refractivity contribution is -0.344. The number of carbonyl (C=O) groups is 1. The number of phenols is 1. The number of rotatable bonds is 6. The Labute approximate surface area is 193 Å². The van der Waals surface area contributed by atoms with Gasteiger partial charge in [0.05, 0.1) is 31.0 Å². The van der Waals surface area contributed by atoms with E-state index in [-0.39, 0.29) is 16.9 Å². The van der Waals surface area contributed by atoms with Crippen molar-refractivity contribution in [1.82, 2.24) is 0 Å². The van der Waals surface area contributed by atoms with Gasteiger partial charge in [0.25, 0.3) is 0 Å². The standard InChI is InChI=1S/C22H26O12/c23-8-11-7-14(33-19(29)10-1-3-12(25)4-2-10)22(30)5-6-31-20(15(11)22)34-21-18(28)17(27)16(26)13(9-24)32-21/h1-7,13-18,20-21,23-28,30H,8-9H2/t13-,14+,15-,16-,17+,18-,20+,21+,22+/m0/s1. The topological polar surface area (TPSA) is 196 Å². The molecule has 12 nitrogen and oxygen atoms in total. The Morgan fingerprint density at radius 3 is 2.38 bits per heavy atom. The zero-order valence-electron chi connectivity index (χ0n) is 17.7. The first-order chi connectivity index (χ1) is 16.2. The smallest absolute Gasteiger partial charge is 0.338 e. The monoisotopic (exact) mass is 482 g/mol. The molecule has 1 fully saturated rings. The minimum absolute atomic E-state index is 0.0425. The summed E-state index contributed by atoms with van der Waals surface area (Å²) in [6.45, 7) is -1.22. The highest BCUT2D eigenvalue weighted by molar-refractivity contribution is 5.89. The van der Waals surface area contributed by atoms with E-state index in [9.17, 15) is 40.5 Å². The fourth-order valence-electron chi connectivity index (χ4n) is 4.28. The van der Waals surface area contributed by atoms with Crippen molar-refractivity contribution in [2.24, 2.45) is 5.92 Å². The zero-order valence-corrected chi connectivity index (χ0v) is 17.7. The molecule has 34 heavy (non-hydrogen) atoms. The van der Waals surface area contributed by atoms with Crippen LogP contribution in [0.15, 0.2) is 48.3 Å². The number of hydrogen-bond acceptors (Lipinski definition) is 12. The molecule has 0 bridgehead atoms. The molecule has 1 aliphatic carbocycles. The summed E-state index contributed by atoms with van der Waals surface area (Å²) in [5.41, 5.74) is -1.57. The average molecular weight is 482 g/mol. The van der Waals surface area contributed by atoms with Crippen molar-refractivity contribution in [3.63, 3.8) is 0 Å². The molecule has 2 aliphatic heterocycles. The number of aromatic hydroxyl groups is 1. The summed E-state index contributed by atoms with van der Waals surface area (Å²) in [5, 5.41) is 70.3. The summed E-state index contributed by atoms with van der Waals surface area (Å²) in [5.74, 6) is -1.94. The lowest BCUT2D eigenvalue weighted by Gasteiger charge is -2.44. The molecule has 3 aliphatic rings. The Bertz CT molecular complexity index is 944. The molecular weight excluding hydrogens is 456 g/mol. The third-order valence-electron chi connectivity index (χ3n) is 6.18. The van der Waals surface area contributed by atoms with Crippen LogP contribution in [0.5, 0.6) is 5.75 Å². The minimum Gasteiger partial charge on any atom is -0.508 e. The summed E-state index contributed by atoms with van der Waals surface area (Å²) in [6.07, 6.45) is -6.71. The molecule has 0 spiro atoms. The van der Waals surface area contributed by atoms with Crippen molar-refractivity contribution in [2.75, 3.05) is 13.2 Å². The number of phenolic OH excluding ortho intramolecular Hbond substituents is 1. The number of hydrogen-bond donors (Lipinski definition) is 7. The maximum atomic E-state index is 12.6. The van der Waals surface area contributed by atoms with Gasteiger partial charge in [0, 0.05) is 0 Å². The highest BCUT2D eigenvalue weighted by atomic mass is 16.8. The molecule has 1 saturated heterocycles. The van der Waals surface area contributed by atoms with Gasteiger partial charge in [0.15, 0.2) is 12.4 Å². The normalized spacial score (nSPS) is 39.2. The van der Waals surface area contributed by atoms with Crippen LogP contribution in [-0.4, -0.2) is 104 Å². The Morgan fingerprint density at radius 1 is 1.03 bits per heavy atom. The van der Waals surface area contributed by atoms with Gasteiger partial charge in [-0.05, 0) is 42.0 Å². The molecule has 186 valence electrons. The van der Waals surface area contributed by atoms with Crippen LogP contribution < -0.4 is 0 Å². The van der Waals surface area contributed by atoms with E-state index in [1.54, 1.807) is 0 Å². The second-order valence-corrected chi connectivity index (χ2v) is 8.28. The van der Waals surface area contributed by atoms with Crippen LogP contribution in [0.4, 0.5) is 0 Å². The van der Waals surface area contributed by atoms with Crippen molar-refractivity contribution in [3.05, 3.63) is 53.8 Å². The van der Waals surface area contributed by atoms with E-state index >= 15 is 0 Å². The second-order valence-electron chi connectivity index (χ2n) is 8.28. The highest BCUT2D eigenvalue weighted by Gasteiger charge is 2.57. The van der Waals surface area contributed by atoms with Gasteiger partial charge in [-0.2, -0.15) is 0 Å². The van der Waals surface area contributed by atoms with E-state index in [1.165, 1.54) is 36.4 Å². The van der Waals surface area contributed by atoms with Crippen molar-refractivity contribution in [2.45, 2.75) is 48.7 Å². The number of aliphatic hydroxyl groups is 6. The molecule has 12 heteroatoms. The van der Waals surface area contributed by atoms with E-state index in [2.05, 4.69) is 0 Å². The molecule has 0 aromatic heterocycles. The number of aliphatic hydroxyl groups excluding tert-OH is 5. The molecule has 4 rings (SSSR count). The molecule has 1 aromatic carbocycles. The maximum absolute atomic E-state index is 12.6. The Hall–Kier alpha value is -2.55. The lowest BCUT2D eigenvalue weighted by Crippen LogP contribution is -2.61. The predicted molar refractivity (Wildman–Crippen MR) is 110 cm³/mol. The zero-order chi connectivity index (χ0) is 24.6. The molecule has 1 aromatic rings. The molecule has 0 radical (unpaired) electrons. The summed E-state index contributed by atoms with van der Waals surface area (Å²) >= 11 is 0. The summed E-state index contributed by atoms with van der Waals surface area (Å²) in [4.78, 5) is 12.6. The molecule has 0 unspecified atom stereocenters. The van der Waals surface area contributed by atoms with Crippen molar-refractivity contribution in [1.29, 1.82) is 0 Å². The largest absolute Gasteiger partial charge is 0.508 e. The number of fused-ring (bicyclic) bond motifs is 1. The van der Waals surface area contributed by atoms with Crippen molar-refractivity contribution in [3.8, 4) is 5.75 Å². The van der Waals surface area contributed by atoms with E-state index in [1.807, 2.05) is 0 Å². The number of carbonyl (C=O) groups excluding carboxylic acids is 1. The van der Waals surface area contributed by atoms with Gasteiger partial charge in [-0.15, -0.1) is 0 Å². The lowest BCUT2D eigenvalue weighted by atomic mass is 9.83. The molecular formula is C22H26O12. The number of esters is 1. The van der Waals surface area contributed by atoms with Crippen LogP contribution in [-0.2, 0) is 18.9 Å². The fraction of sp³-hybridized carbons (Fsp3) is 0.500. The summed E-state index contributed by atoms with van der Waals surface area (Å²) in [7, 11) is 0. The average Bonchev–Trinajstić information content (AvgIpc) is 3.11. The van der Waals surface area contributed by atoms with Crippen LogP contribution >= 0.6 is 0 Å². The number of ether oxygens (including phenoxy) is 4. The molecule has 2 heterocycles. The first-order valence-electron chi connectivity index (χ1n) is 10.5. The molecule has 0 saturated carbocycles.